The van der Waals surface area contributed by atoms with Gasteiger partial charge in [-0.15, -0.1) is 0 Å². The maximum Gasteiger partial charge on any atom is 0.335 e. The highest BCUT2D eigenvalue weighted by molar-refractivity contribution is 7.89. The number of hydrogen-bond acceptors (Lipinski definition) is 6. The van der Waals surface area contributed by atoms with E-state index in [1.54, 1.807) is 29.2 Å². The van der Waals surface area contributed by atoms with Crippen molar-refractivity contribution in [3.63, 3.8) is 0 Å². The van der Waals surface area contributed by atoms with Gasteiger partial charge in [0.25, 0.3) is 10.0 Å². The van der Waals surface area contributed by atoms with Crippen LogP contribution in [0.25, 0.3) is 0 Å². The van der Waals surface area contributed by atoms with Gasteiger partial charge in [0.15, 0.2) is 0 Å². The van der Waals surface area contributed by atoms with E-state index in [0.29, 0.717) is 12.3 Å². The molecule has 3 N–H and O–H groups in total. The lowest BCUT2D eigenvalue weighted by molar-refractivity contribution is 0.0696. The molecule has 0 radical (unpaired) electrons. The van der Waals surface area contributed by atoms with Crippen LogP contribution in [-0.4, -0.2) is 32.6 Å². The zero-order valence-electron chi connectivity index (χ0n) is 17.8. The Morgan fingerprint density at radius 3 is 2.28 bits per heavy atom. The summed E-state index contributed by atoms with van der Waals surface area (Å²) in [5.74, 6) is -0.835. The molecule has 0 heterocycles. The lowest BCUT2D eigenvalue weighted by atomic mass is 10.1. The minimum Gasteiger partial charge on any atom is -0.478 e. The first kappa shape index (κ1) is 23.1. The number of hydrogen-bond donors (Lipinski definition) is 3. The second-order valence-corrected chi connectivity index (χ2v) is 8.42. The van der Waals surface area contributed by atoms with Crippen LogP contribution in [0.2, 0.25) is 0 Å². The van der Waals surface area contributed by atoms with Crippen molar-refractivity contribution in [2.75, 3.05) is 23.3 Å². The van der Waals surface area contributed by atoms with Crippen LogP contribution in [0.3, 0.4) is 0 Å². The number of benzene rings is 3. The highest BCUT2D eigenvalue weighted by Crippen LogP contribution is 2.32. The molecule has 0 atom stereocenters. The average molecular weight is 456 g/mol. The molecule has 0 aliphatic heterocycles. The normalized spacial score (nSPS) is 11.1. The van der Waals surface area contributed by atoms with Gasteiger partial charge in [0.05, 0.1) is 11.3 Å². The standard InChI is InChI=1S/C23H25N3O5S/c1-3-24-18-11-13-20(14-12-18)31-25-32(29,30)22-15-10-17(23(27)28)16-21(22)26(4-2)19-8-6-5-7-9-19/h5-16,24-25H,3-4H2,1-2H3,(H,27,28). The number of sulfonamides is 1. The van der Waals surface area contributed by atoms with Gasteiger partial charge in [-0.3, -0.25) is 0 Å². The topological polar surface area (TPSA) is 108 Å². The molecule has 3 aromatic carbocycles. The maximum atomic E-state index is 13.1. The largest absolute Gasteiger partial charge is 0.478 e. The van der Waals surface area contributed by atoms with Gasteiger partial charge in [0.1, 0.15) is 10.6 Å². The van der Waals surface area contributed by atoms with Crippen molar-refractivity contribution in [1.82, 2.24) is 4.89 Å². The van der Waals surface area contributed by atoms with Gasteiger partial charge in [-0.25, -0.2) is 13.2 Å². The fourth-order valence-corrected chi connectivity index (χ4v) is 4.17. The van der Waals surface area contributed by atoms with Crippen molar-refractivity contribution in [3.8, 4) is 5.75 Å². The summed E-state index contributed by atoms with van der Waals surface area (Å²) in [5, 5.41) is 12.6. The van der Waals surface area contributed by atoms with E-state index < -0.39 is 16.0 Å². The monoisotopic (exact) mass is 455 g/mol. The summed E-state index contributed by atoms with van der Waals surface area (Å²) < 4.78 is 26.2. The van der Waals surface area contributed by atoms with Crippen molar-refractivity contribution in [2.24, 2.45) is 0 Å². The van der Waals surface area contributed by atoms with Gasteiger partial charge in [-0.2, -0.15) is 0 Å². The molecule has 0 amide bonds. The Hall–Kier alpha value is -3.56. The molecule has 3 aromatic rings. The summed E-state index contributed by atoms with van der Waals surface area (Å²) in [6.07, 6.45) is 0. The highest BCUT2D eigenvalue weighted by Gasteiger charge is 2.24. The summed E-state index contributed by atoms with van der Waals surface area (Å²) in [4.78, 5) is 20.6. The van der Waals surface area contributed by atoms with Gasteiger partial charge < -0.3 is 20.2 Å². The van der Waals surface area contributed by atoms with Crippen molar-refractivity contribution in [1.29, 1.82) is 0 Å². The summed E-state index contributed by atoms with van der Waals surface area (Å²) >= 11 is 0. The minimum absolute atomic E-state index is 0.0201. The van der Waals surface area contributed by atoms with Crippen LogP contribution in [0.1, 0.15) is 24.2 Å². The molecule has 0 saturated heterocycles. The molecule has 8 nitrogen and oxygen atoms in total. The number of nitrogens with one attached hydrogen (secondary N) is 2. The number of carboxylic acid groups (broad SMARTS) is 1. The Morgan fingerprint density at radius 2 is 1.69 bits per heavy atom. The van der Waals surface area contributed by atoms with E-state index in [1.807, 2.05) is 44.2 Å². The number of carboxylic acids is 1. The second-order valence-electron chi connectivity index (χ2n) is 6.81. The number of anilines is 3. The van der Waals surface area contributed by atoms with Gasteiger partial charge in [-0.05, 0) is 73.3 Å². The van der Waals surface area contributed by atoms with E-state index in [4.69, 9.17) is 4.84 Å². The van der Waals surface area contributed by atoms with Crippen LogP contribution in [0.4, 0.5) is 17.1 Å². The van der Waals surface area contributed by atoms with Crippen LogP contribution < -0.4 is 19.9 Å². The fraction of sp³-hybridized carbons (Fsp3) is 0.174. The zero-order valence-corrected chi connectivity index (χ0v) is 18.6. The number of rotatable bonds is 10. The van der Waals surface area contributed by atoms with Gasteiger partial charge in [0, 0.05) is 24.5 Å². The SMILES string of the molecule is CCNc1ccc(ONS(=O)(=O)c2ccc(C(=O)O)cc2N(CC)c2ccccc2)cc1. The van der Waals surface area contributed by atoms with E-state index in [2.05, 4.69) is 10.2 Å². The molecule has 168 valence electrons. The third-order valence-corrected chi connectivity index (χ3v) is 5.90. The van der Waals surface area contributed by atoms with E-state index in [0.717, 1.165) is 17.9 Å². The lowest BCUT2D eigenvalue weighted by Crippen LogP contribution is -2.29. The number of carbonyl (C=O) groups is 1. The van der Waals surface area contributed by atoms with Gasteiger partial charge >= 0.3 is 5.97 Å². The summed E-state index contributed by atoms with van der Waals surface area (Å²) in [5.41, 5.74) is 1.83. The molecule has 9 heteroatoms. The van der Waals surface area contributed by atoms with Crippen molar-refractivity contribution in [3.05, 3.63) is 78.4 Å². The molecule has 0 spiro atoms. The Balaban J connectivity index is 1.95. The minimum atomic E-state index is -4.14. The van der Waals surface area contributed by atoms with E-state index in [9.17, 15) is 18.3 Å². The Kier molecular flexibility index (Phi) is 7.34. The van der Waals surface area contributed by atoms with Crippen LogP contribution >= 0.6 is 0 Å². The molecular formula is C23H25N3O5S. The quantitative estimate of drug-likeness (QED) is 0.392. The summed E-state index contributed by atoms with van der Waals surface area (Å²) in [6.45, 7) is 5.01. The molecule has 0 saturated carbocycles. The van der Waals surface area contributed by atoms with E-state index >= 15 is 0 Å². The van der Waals surface area contributed by atoms with Crippen molar-refractivity contribution < 1.29 is 23.2 Å². The summed E-state index contributed by atoms with van der Waals surface area (Å²) in [7, 11) is -4.14. The van der Waals surface area contributed by atoms with Crippen molar-refractivity contribution >= 4 is 33.1 Å². The molecule has 0 aliphatic carbocycles. The number of para-hydroxylation sites is 1. The molecule has 32 heavy (non-hydrogen) atoms. The highest BCUT2D eigenvalue weighted by atomic mass is 32.2. The molecule has 0 fully saturated rings. The van der Waals surface area contributed by atoms with Crippen LogP contribution in [-0.2, 0) is 10.0 Å². The molecular weight excluding hydrogens is 430 g/mol. The molecule has 0 bridgehead atoms. The third-order valence-electron chi connectivity index (χ3n) is 4.67. The lowest BCUT2D eigenvalue weighted by Gasteiger charge is -2.26. The molecule has 0 unspecified atom stereocenters. The summed E-state index contributed by atoms with van der Waals surface area (Å²) in [6, 6.07) is 19.8. The zero-order chi connectivity index (χ0) is 23.1. The van der Waals surface area contributed by atoms with Crippen molar-refractivity contribution in [2.45, 2.75) is 18.7 Å². The first-order valence-electron chi connectivity index (χ1n) is 10.1. The predicted octanol–water partition coefficient (Wildman–Crippen LogP) is 4.25. The van der Waals surface area contributed by atoms with E-state index in [-0.39, 0.29) is 16.1 Å². The fourth-order valence-electron chi connectivity index (χ4n) is 3.18. The Bertz CT molecular complexity index is 1170. The van der Waals surface area contributed by atoms with E-state index in [1.165, 1.54) is 18.2 Å². The number of aromatic carboxylic acids is 1. The maximum absolute atomic E-state index is 13.1. The van der Waals surface area contributed by atoms with Crippen LogP contribution in [0, 0.1) is 0 Å². The van der Waals surface area contributed by atoms with Gasteiger partial charge in [-0.1, -0.05) is 18.2 Å². The first-order valence-corrected chi connectivity index (χ1v) is 11.6. The Labute approximate surface area is 187 Å². The average Bonchev–Trinajstić information content (AvgIpc) is 2.80. The predicted molar refractivity (Wildman–Crippen MR) is 124 cm³/mol. The van der Waals surface area contributed by atoms with Crippen LogP contribution in [0.15, 0.2) is 77.7 Å². The molecule has 0 aliphatic rings. The smallest absolute Gasteiger partial charge is 0.335 e. The van der Waals surface area contributed by atoms with Crippen LogP contribution in [0.5, 0.6) is 5.75 Å². The molecule has 0 aromatic heterocycles. The van der Waals surface area contributed by atoms with Gasteiger partial charge in [0.2, 0.25) is 0 Å². The number of nitrogens with zero attached hydrogens (tertiary/aromatic N) is 1. The molecule has 3 rings (SSSR count). The first-order chi connectivity index (χ1) is 15.4. The second kappa shape index (κ2) is 10.2. The Morgan fingerprint density at radius 1 is 1.00 bits per heavy atom. The third kappa shape index (κ3) is 5.37.